The van der Waals surface area contributed by atoms with Gasteiger partial charge >= 0.3 is 0 Å². The Morgan fingerprint density at radius 3 is 2.62 bits per heavy atom. The molecular weight excluding hydrogens is 208 g/mol. The van der Waals surface area contributed by atoms with Crippen molar-refractivity contribution in [1.29, 1.82) is 0 Å². The van der Waals surface area contributed by atoms with E-state index in [9.17, 15) is 5.11 Å². The minimum absolute atomic E-state index is 0.0679. The minimum atomic E-state index is -0.0679. The fourth-order valence-corrected chi connectivity index (χ4v) is 1.42. The van der Waals surface area contributed by atoms with Crippen LogP contribution < -0.4 is 4.74 Å². The van der Waals surface area contributed by atoms with E-state index >= 15 is 0 Å². The van der Waals surface area contributed by atoms with Gasteiger partial charge in [-0.1, -0.05) is 6.07 Å². The number of hydrogen-bond acceptors (Lipinski definition) is 4. The van der Waals surface area contributed by atoms with Gasteiger partial charge in [0.25, 0.3) is 0 Å². The van der Waals surface area contributed by atoms with Crippen LogP contribution >= 0.6 is 0 Å². The monoisotopic (exact) mass is 226 g/mol. The van der Waals surface area contributed by atoms with Crippen molar-refractivity contribution in [2.45, 2.75) is 13.0 Å². The molecule has 0 unspecified atom stereocenters. The van der Waals surface area contributed by atoms with Gasteiger partial charge in [0, 0.05) is 19.3 Å². The van der Waals surface area contributed by atoms with Gasteiger partial charge in [0.1, 0.15) is 12.4 Å². The Bertz CT molecular complexity index is 312. The highest BCUT2D eigenvalue weighted by Gasteiger charge is 2.04. The number of benzene rings is 1. The summed E-state index contributed by atoms with van der Waals surface area (Å²) in [6.45, 7) is 1.02. The highest BCUT2D eigenvalue weighted by atomic mass is 16.5. The molecule has 90 valence electrons. The first-order valence-electron chi connectivity index (χ1n) is 5.27. The Morgan fingerprint density at radius 2 is 2.00 bits per heavy atom. The van der Waals surface area contributed by atoms with E-state index in [4.69, 9.17) is 14.6 Å². The zero-order valence-electron chi connectivity index (χ0n) is 9.48. The second-order valence-electron chi connectivity index (χ2n) is 3.42. The first-order chi connectivity index (χ1) is 7.81. The maximum atomic E-state index is 9.19. The van der Waals surface area contributed by atoms with Crippen molar-refractivity contribution in [3.63, 3.8) is 0 Å². The first-order valence-corrected chi connectivity index (χ1v) is 5.27. The second-order valence-corrected chi connectivity index (χ2v) is 3.42. The number of aliphatic hydroxyl groups excluding tert-OH is 2. The molecule has 0 radical (unpaired) electrons. The van der Waals surface area contributed by atoms with E-state index in [-0.39, 0.29) is 13.2 Å². The maximum absolute atomic E-state index is 9.19. The predicted octanol–water partition coefficient (Wildman–Crippen LogP) is 0.739. The highest BCUT2D eigenvalue weighted by molar-refractivity contribution is 5.37. The van der Waals surface area contributed by atoms with Crippen molar-refractivity contribution in [1.82, 2.24) is 0 Å². The van der Waals surface area contributed by atoms with Gasteiger partial charge in [-0.25, -0.2) is 0 Å². The molecule has 0 atom stereocenters. The van der Waals surface area contributed by atoms with Crippen molar-refractivity contribution >= 4 is 0 Å². The van der Waals surface area contributed by atoms with E-state index < -0.39 is 0 Å². The summed E-state index contributed by atoms with van der Waals surface area (Å²) in [7, 11) is 1.61. The summed E-state index contributed by atoms with van der Waals surface area (Å²) in [6.07, 6.45) is 0.589. The lowest BCUT2D eigenvalue weighted by Gasteiger charge is -2.11. The quantitative estimate of drug-likeness (QED) is 0.673. The van der Waals surface area contributed by atoms with Crippen LogP contribution in [0.3, 0.4) is 0 Å². The fraction of sp³-hybridized carbons (Fsp3) is 0.500. The van der Waals surface area contributed by atoms with Crippen LogP contribution in [0.2, 0.25) is 0 Å². The molecule has 0 spiro atoms. The summed E-state index contributed by atoms with van der Waals surface area (Å²) in [4.78, 5) is 0. The number of ether oxygens (including phenoxy) is 2. The Kier molecular flexibility index (Phi) is 5.85. The van der Waals surface area contributed by atoms with Crippen molar-refractivity contribution in [3.8, 4) is 5.75 Å². The summed E-state index contributed by atoms with van der Waals surface area (Å²) >= 11 is 0. The van der Waals surface area contributed by atoms with Gasteiger partial charge in [0.2, 0.25) is 0 Å². The lowest BCUT2D eigenvalue weighted by molar-refractivity contribution is 0.144. The molecule has 0 aliphatic rings. The largest absolute Gasteiger partial charge is 0.491 e. The van der Waals surface area contributed by atoms with Crippen molar-refractivity contribution < 1.29 is 19.7 Å². The SMILES string of the molecule is COCCOc1ccc(CCO)cc1CO. The molecule has 0 aliphatic heterocycles. The molecule has 1 aromatic carbocycles. The van der Waals surface area contributed by atoms with Crippen molar-refractivity contribution in [2.24, 2.45) is 0 Å². The molecular formula is C12H18O4. The molecule has 1 rings (SSSR count). The second kappa shape index (κ2) is 7.22. The lowest BCUT2D eigenvalue weighted by Crippen LogP contribution is -2.06. The smallest absolute Gasteiger partial charge is 0.124 e. The standard InChI is InChI=1S/C12H18O4/c1-15-6-7-16-12-3-2-10(4-5-13)8-11(12)9-14/h2-3,8,13-14H,4-7,9H2,1H3. The normalized spacial score (nSPS) is 10.4. The summed E-state index contributed by atoms with van der Waals surface area (Å²) in [6, 6.07) is 5.54. The molecule has 0 saturated carbocycles. The van der Waals surface area contributed by atoms with Crippen LogP contribution in [0.4, 0.5) is 0 Å². The van der Waals surface area contributed by atoms with Crippen molar-refractivity contribution in [2.75, 3.05) is 26.9 Å². The molecule has 0 saturated heterocycles. The molecule has 0 fully saturated rings. The zero-order chi connectivity index (χ0) is 11.8. The third-order valence-electron chi connectivity index (χ3n) is 2.24. The minimum Gasteiger partial charge on any atom is -0.491 e. The Balaban J connectivity index is 2.68. The van der Waals surface area contributed by atoms with E-state index in [1.165, 1.54) is 0 Å². The number of hydrogen-bond donors (Lipinski definition) is 2. The Morgan fingerprint density at radius 1 is 1.19 bits per heavy atom. The van der Waals surface area contributed by atoms with Gasteiger partial charge in [-0.05, 0) is 24.1 Å². The van der Waals surface area contributed by atoms with E-state index in [1.807, 2.05) is 18.2 Å². The van der Waals surface area contributed by atoms with E-state index in [0.717, 1.165) is 11.1 Å². The van der Waals surface area contributed by atoms with Gasteiger partial charge in [-0.2, -0.15) is 0 Å². The third kappa shape index (κ3) is 3.81. The third-order valence-corrected chi connectivity index (χ3v) is 2.24. The van der Waals surface area contributed by atoms with Gasteiger partial charge in [0.05, 0.1) is 13.2 Å². The molecule has 1 aromatic rings. The zero-order valence-corrected chi connectivity index (χ0v) is 9.48. The van der Waals surface area contributed by atoms with Crippen LogP contribution in [0.5, 0.6) is 5.75 Å². The molecule has 0 aromatic heterocycles. The van der Waals surface area contributed by atoms with Gasteiger partial charge in [-0.3, -0.25) is 0 Å². The molecule has 4 heteroatoms. The predicted molar refractivity (Wildman–Crippen MR) is 60.5 cm³/mol. The molecule has 4 nitrogen and oxygen atoms in total. The van der Waals surface area contributed by atoms with E-state index in [2.05, 4.69) is 0 Å². The number of aliphatic hydroxyl groups is 2. The van der Waals surface area contributed by atoms with Crippen LogP contribution in [0.1, 0.15) is 11.1 Å². The maximum Gasteiger partial charge on any atom is 0.124 e. The van der Waals surface area contributed by atoms with Gasteiger partial charge in [-0.15, -0.1) is 0 Å². The van der Waals surface area contributed by atoms with Crippen molar-refractivity contribution in [3.05, 3.63) is 29.3 Å². The van der Waals surface area contributed by atoms with E-state index in [0.29, 0.717) is 25.4 Å². The number of methoxy groups -OCH3 is 1. The topological polar surface area (TPSA) is 58.9 Å². The summed E-state index contributed by atoms with van der Waals surface area (Å²) in [5.74, 6) is 0.668. The fourth-order valence-electron chi connectivity index (χ4n) is 1.42. The summed E-state index contributed by atoms with van der Waals surface area (Å²) in [5.41, 5.74) is 1.73. The molecule has 0 aliphatic carbocycles. The van der Waals surface area contributed by atoms with Crippen LogP contribution in [0.15, 0.2) is 18.2 Å². The van der Waals surface area contributed by atoms with Crippen LogP contribution in [0.25, 0.3) is 0 Å². The Hall–Kier alpha value is -1.10. The molecule has 2 N–H and O–H groups in total. The van der Waals surface area contributed by atoms with Crippen LogP contribution in [-0.2, 0) is 17.8 Å². The first kappa shape index (κ1) is 13.0. The summed E-state index contributed by atoms with van der Waals surface area (Å²) < 4.78 is 10.3. The number of rotatable bonds is 7. The van der Waals surface area contributed by atoms with Gasteiger partial charge in [0.15, 0.2) is 0 Å². The Labute approximate surface area is 95.4 Å². The van der Waals surface area contributed by atoms with E-state index in [1.54, 1.807) is 7.11 Å². The van der Waals surface area contributed by atoms with Crippen LogP contribution in [-0.4, -0.2) is 37.1 Å². The average molecular weight is 226 g/mol. The molecule has 0 heterocycles. The summed E-state index contributed by atoms with van der Waals surface area (Å²) in [5, 5.41) is 18.0. The van der Waals surface area contributed by atoms with Gasteiger partial charge < -0.3 is 19.7 Å². The molecule has 16 heavy (non-hydrogen) atoms. The van der Waals surface area contributed by atoms with Crippen LogP contribution in [0, 0.1) is 0 Å². The lowest BCUT2D eigenvalue weighted by atomic mass is 10.1. The molecule has 0 bridgehead atoms. The average Bonchev–Trinajstić information content (AvgIpc) is 2.31. The highest BCUT2D eigenvalue weighted by Crippen LogP contribution is 2.20. The molecule has 0 amide bonds.